The van der Waals surface area contributed by atoms with E-state index in [1.807, 2.05) is 0 Å². The molecule has 0 nitrogen and oxygen atoms in total. The van der Waals surface area contributed by atoms with Crippen LogP contribution in [0.1, 0.15) is 26.7 Å². The standard InChI is InChI=1S/C4H10.9FH.HI/c1-3-4-2;;;;;;;;;;/h3-4H2,1-2H3;10*1H. The Balaban J connectivity index is -0.000000001000. The van der Waals surface area contributed by atoms with E-state index in [4.69, 9.17) is 0 Å². The van der Waals surface area contributed by atoms with Crippen LogP contribution < -0.4 is 0 Å². The first-order chi connectivity index (χ1) is 1.91. The summed E-state index contributed by atoms with van der Waals surface area (Å²) in [6.07, 6.45) is 2.64. The van der Waals surface area contributed by atoms with Crippen LogP contribution in [0, 0.1) is 0 Å². The Kier molecular flexibility index (Phi) is 7820. The van der Waals surface area contributed by atoms with Crippen molar-refractivity contribution in [2.75, 3.05) is 0 Å². The molecular formula is C4H20F9I. The zero-order valence-electron chi connectivity index (χ0n) is 7.50. The molecular weight excluding hydrogens is 346 g/mol. The van der Waals surface area contributed by atoms with Gasteiger partial charge in [-0.25, -0.2) is 0 Å². The van der Waals surface area contributed by atoms with E-state index in [1.54, 1.807) is 0 Å². The van der Waals surface area contributed by atoms with E-state index in [-0.39, 0.29) is 66.3 Å². The lowest BCUT2D eigenvalue weighted by Gasteiger charge is -1.68. The van der Waals surface area contributed by atoms with E-state index in [0.29, 0.717) is 0 Å². The smallest absolute Gasteiger partial charge is 0.0564 e. The molecule has 0 aromatic heterocycles. The molecule has 0 radical (unpaired) electrons. The lowest BCUT2D eigenvalue weighted by Crippen LogP contribution is -1.47. The lowest BCUT2D eigenvalue weighted by molar-refractivity contribution is 0.886. The molecule has 0 fully saturated rings. The summed E-state index contributed by atoms with van der Waals surface area (Å²) >= 11 is 0. The summed E-state index contributed by atoms with van der Waals surface area (Å²) in [4.78, 5) is 0. The first-order valence-corrected chi connectivity index (χ1v) is 1.91. The fraction of sp³-hybridized carbons (Fsp3) is 1.00. The summed E-state index contributed by atoms with van der Waals surface area (Å²) in [6, 6.07) is 0. The zero-order valence-corrected chi connectivity index (χ0v) is 9.83. The number of halogens is 10. The van der Waals surface area contributed by atoms with Crippen molar-refractivity contribution in [3.63, 3.8) is 0 Å². The van der Waals surface area contributed by atoms with Gasteiger partial charge in [0.1, 0.15) is 0 Å². The normalized spacial score (nSPS) is 2.14. The Hall–Kier alpha value is 0.1000. The van der Waals surface area contributed by atoms with E-state index < -0.39 is 0 Å². The highest BCUT2D eigenvalue weighted by molar-refractivity contribution is 14.0. The van der Waals surface area contributed by atoms with E-state index in [2.05, 4.69) is 13.8 Å². The molecule has 0 aromatic carbocycles. The third-order valence-corrected chi connectivity index (χ3v) is 0.500. The van der Waals surface area contributed by atoms with Crippen LogP contribution in [-0.2, 0) is 0 Å². The van der Waals surface area contributed by atoms with Crippen LogP contribution in [0.25, 0.3) is 0 Å². The Morgan fingerprint density at radius 3 is 0.500 bits per heavy atom. The SMILES string of the molecule is CCCC.F.F.F.F.F.F.F.F.F.I. The highest BCUT2D eigenvalue weighted by atomic mass is 127. The minimum atomic E-state index is 0. The van der Waals surface area contributed by atoms with Crippen LogP contribution in [0.2, 0.25) is 0 Å². The second-order valence-corrected chi connectivity index (χ2v) is 1.000. The number of hydrogen-bond acceptors (Lipinski definition) is 0. The molecule has 0 rings (SSSR count). The maximum atomic E-state index is 2.18. The van der Waals surface area contributed by atoms with Crippen LogP contribution in [0.4, 0.5) is 42.3 Å². The minimum absolute atomic E-state index is 0. The number of hydrogen-bond donors (Lipinski definition) is 0. The molecule has 0 spiro atoms. The molecule has 0 aliphatic heterocycles. The van der Waals surface area contributed by atoms with Crippen molar-refractivity contribution in [1.29, 1.82) is 0 Å². The topological polar surface area (TPSA) is 0 Å². The van der Waals surface area contributed by atoms with Crippen molar-refractivity contribution >= 4 is 24.0 Å². The van der Waals surface area contributed by atoms with Gasteiger partial charge in [-0.1, -0.05) is 26.7 Å². The van der Waals surface area contributed by atoms with Crippen molar-refractivity contribution < 1.29 is 42.3 Å². The predicted molar refractivity (Wildman–Crippen MR) is 58.5 cm³/mol. The average molecular weight is 366 g/mol. The third kappa shape index (κ3) is 1230. The Bertz CT molecular complexity index is 18.8. The molecule has 0 saturated heterocycles. The first kappa shape index (κ1) is 252. The van der Waals surface area contributed by atoms with E-state index in [1.165, 1.54) is 12.8 Å². The van der Waals surface area contributed by atoms with Crippen molar-refractivity contribution in [2.45, 2.75) is 26.7 Å². The van der Waals surface area contributed by atoms with Gasteiger partial charge in [-0.15, -0.1) is 24.0 Å². The summed E-state index contributed by atoms with van der Waals surface area (Å²) < 4.78 is 0. The highest BCUT2D eigenvalue weighted by Gasteiger charge is 1.56. The molecule has 0 N–H and O–H groups in total. The largest absolute Gasteiger partial charge is 0.269 e. The van der Waals surface area contributed by atoms with Crippen molar-refractivity contribution in [1.82, 2.24) is 0 Å². The van der Waals surface area contributed by atoms with Gasteiger partial charge in [0.05, 0.1) is 0 Å². The van der Waals surface area contributed by atoms with Gasteiger partial charge in [-0.2, -0.15) is 0 Å². The predicted octanol–water partition coefficient (Wildman–Crippen LogP) is 3.80. The van der Waals surface area contributed by atoms with Crippen LogP contribution in [-0.4, -0.2) is 0 Å². The lowest BCUT2D eigenvalue weighted by atomic mass is 10.4. The molecule has 0 heterocycles. The van der Waals surface area contributed by atoms with E-state index >= 15 is 0 Å². The molecule has 0 aliphatic carbocycles. The van der Waals surface area contributed by atoms with Gasteiger partial charge in [-0.05, 0) is 0 Å². The quantitative estimate of drug-likeness (QED) is 0.489. The molecule has 0 atom stereocenters. The zero-order chi connectivity index (χ0) is 3.41. The summed E-state index contributed by atoms with van der Waals surface area (Å²) in [5, 5.41) is 0. The highest BCUT2D eigenvalue weighted by Crippen LogP contribution is 1.76. The Morgan fingerprint density at radius 2 is 0.500 bits per heavy atom. The van der Waals surface area contributed by atoms with Gasteiger partial charge >= 0.3 is 0 Å². The Morgan fingerprint density at radius 1 is 0.429 bits per heavy atom. The third-order valence-electron chi connectivity index (χ3n) is 0.500. The van der Waals surface area contributed by atoms with Crippen LogP contribution in [0.15, 0.2) is 0 Å². The molecule has 0 aliphatic rings. The first-order valence-electron chi connectivity index (χ1n) is 1.91. The van der Waals surface area contributed by atoms with E-state index in [9.17, 15) is 0 Å². The van der Waals surface area contributed by atoms with Gasteiger partial charge in [0.15, 0.2) is 0 Å². The van der Waals surface area contributed by atoms with Gasteiger partial charge in [0.25, 0.3) is 0 Å². The number of unbranched alkanes of at least 4 members (excludes halogenated alkanes) is 1. The molecule has 10 heteroatoms. The molecule has 0 amide bonds. The van der Waals surface area contributed by atoms with Crippen molar-refractivity contribution in [2.24, 2.45) is 0 Å². The summed E-state index contributed by atoms with van der Waals surface area (Å²) in [7, 11) is 0. The Labute approximate surface area is 93.5 Å². The minimum Gasteiger partial charge on any atom is -0.269 e. The van der Waals surface area contributed by atoms with Crippen LogP contribution in [0.5, 0.6) is 0 Å². The van der Waals surface area contributed by atoms with Gasteiger partial charge in [0.2, 0.25) is 0 Å². The molecule has 0 aromatic rings. The fourth-order valence-corrected chi connectivity index (χ4v) is 0. The maximum absolute atomic E-state index is 2.18. The summed E-state index contributed by atoms with van der Waals surface area (Å²) in [6.45, 7) is 4.36. The van der Waals surface area contributed by atoms with Crippen LogP contribution >= 0.6 is 24.0 Å². The molecule has 14 heavy (non-hydrogen) atoms. The maximum Gasteiger partial charge on any atom is -0.0564 e. The number of rotatable bonds is 1. The molecule has 0 saturated carbocycles. The van der Waals surface area contributed by atoms with Crippen molar-refractivity contribution in [3.8, 4) is 0 Å². The summed E-state index contributed by atoms with van der Waals surface area (Å²) in [5.74, 6) is 0. The summed E-state index contributed by atoms with van der Waals surface area (Å²) in [5.41, 5.74) is 0. The fourth-order valence-electron chi connectivity index (χ4n) is 0. The second-order valence-electron chi connectivity index (χ2n) is 1.000. The molecule has 106 valence electrons. The van der Waals surface area contributed by atoms with Crippen LogP contribution in [0.3, 0.4) is 0 Å². The average Bonchev–Trinajstić information content (AvgIpc) is 1.37. The van der Waals surface area contributed by atoms with Gasteiger partial charge in [0, 0.05) is 0 Å². The van der Waals surface area contributed by atoms with Crippen molar-refractivity contribution in [3.05, 3.63) is 0 Å². The molecule has 0 bridgehead atoms. The molecule has 0 unspecified atom stereocenters. The van der Waals surface area contributed by atoms with E-state index in [0.717, 1.165) is 0 Å². The second kappa shape index (κ2) is 435. The monoisotopic (exact) mass is 366 g/mol. The van der Waals surface area contributed by atoms with Gasteiger partial charge < -0.3 is 0 Å². The van der Waals surface area contributed by atoms with Gasteiger partial charge in [-0.3, -0.25) is 42.3 Å².